The zero-order chi connectivity index (χ0) is 23.6. The maximum Gasteiger partial charge on any atom is 0.157 e. The molecule has 184 valence electrons. The van der Waals surface area contributed by atoms with Crippen molar-refractivity contribution >= 4 is 5.78 Å². The molecule has 1 N–H and O–H groups in total. The SMILES string of the molecule is CC(C)Oc1cnn(CC(=O)[C@H]2CC[C@H]3[C@@H]4CC[C@@H]5C[C@](C)(O)CC[C@]5(C)[C@H]4CC[C@]23C)c1. The molecule has 0 bridgehead atoms. The Morgan fingerprint density at radius 3 is 2.61 bits per heavy atom. The lowest BCUT2D eigenvalue weighted by atomic mass is 9.44. The Balaban J connectivity index is 1.29. The summed E-state index contributed by atoms with van der Waals surface area (Å²) < 4.78 is 7.49. The van der Waals surface area contributed by atoms with Gasteiger partial charge in [-0.05, 0) is 113 Å². The van der Waals surface area contributed by atoms with Gasteiger partial charge in [0.05, 0.1) is 30.6 Å². The third-order valence-corrected chi connectivity index (χ3v) is 10.6. The van der Waals surface area contributed by atoms with E-state index in [-0.39, 0.29) is 17.4 Å². The van der Waals surface area contributed by atoms with E-state index in [1.807, 2.05) is 27.0 Å². The molecule has 0 spiro atoms. The van der Waals surface area contributed by atoms with Gasteiger partial charge in [-0.1, -0.05) is 13.8 Å². The van der Waals surface area contributed by atoms with Crippen molar-refractivity contribution in [2.24, 2.45) is 40.4 Å². The van der Waals surface area contributed by atoms with Gasteiger partial charge >= 0.3 is 0 Å². The first-order valence-electron chi connectivity index (χ1n) is 13.5. The number of Topliss-reactive ketones (excluding diaryl/α,β-unsaturated/α-hetero) is 1. The summed E-state index contributed by atoms with van der Waals surface area (Å²) in [5.74, 6) is 4.09. The third-order valence-electron chi connectivity index (χ3n) is 10.6. The molecule has 1 aromatic heterocycles. The maximum absolute atomic E-state index is 13.5. The van der Waals surface area contributed by atoms with Crippen LogP contribution in [0.1, 0.15) is 92.4 Å². The number of aliphatic hydroxyl groups is 1. The van der Waals surface area contributed by atoms with Crippen molar-refractivity contribution in [3.63, 3.8) is 0 Å². The van der Waals surface area contributed by atoms with Crippen LogP contribution in [-0.4, -0.2) is 32.4 Å². The molecule has 5 rings (SSSR count). The molecular weight excluding hydrogens is 412 g/mol. The summed E-state index contributed by atoms with van der Waals surface area (Å²) in [4.78, 5) is 13.5. The molecule has 0 amide bonds. The monoisotopic (exact) mass is 456 g/mol. The first kappa shape index (κ1) is 23.4. The Bertz CT molecular complexity index is 891. The lowest BCUT2D eigenvalue weighted by Gasteiger charge is -2.61. The van der Waals surface area contributed by atoms with Crippen molar-refractivity contribution in [1.82, 2.24) is 9.78 Å². The summed E-state index contributed by atoms with van der Waals surface area (Å²) in [6, 6.07) is 0. The molecule has 4 fully saturated rings. The van der Waals surface area contributed by atoms with E-state index in [4.69, 9.17) is 4.74 Å². The molecule has 5 heteroatoms. The Kier molecular flexibility index (Phi) is 5.74. The van der Waals surface area contributed by atoms with Gasteiger partial charge in [0.1, 0.15) is 0 Å². The molecule has 4 aliphatic carbocycles. The lowest BCUT2D eigenvalue weighted by Crippen LogP contribution is -2.55. The average molecular weight is 457 g/mol. The van der Waals surface area contributed by atoms with E-state index in [0.29, 0.717) is 29.6 Å². The van der Waals surface area contributed by atoms with E-state index in [2.05, 4.69) is 18.9 Å². The molecule has 0 aromatic carbocycles. The highest BCUT2D eigenvalue weighted by Gasteiger charge is 2.61. The minimum Gasteiger partial charge on any atom is -0.488 e. The summed E-state index contributed by atoms with van der Waals surface area (Å²) >= 11 is 0. The molecule has 4 aliphatic rings. The van der Waals surface area contributed by atoms with Gasteiger partial charge in [-0.25, -0.2) is 0 Å². The minimum atomic E-state index is -0.475. The van der Waals surface area contributed by atoms with Crippen LogP contribution in [0.25, 0.3) is 0 Å². The zero-order valence-corrected chi connectivity index (χ0v) is 21.3. The average Bonchev–Trinajstić information content (AvgIpc) is 3.31. The van der Waals surface area contributed by atoms with Gasteiger partial charge < -0.3 is 9.84 Å². The Hall–Kier alpha value is -1.36. The summed E-state index contributed by atoms with van der Waals surface area (Å²) in [7, 11) is 0. The van der Waals surface area contributed by atoms with Crippen molar-refractivity contribution in [2.45, 2.75) is 111 Å². The standard InChI is InChI=1S/C28H44N2O3/c1-18(2)33-20-15-29-30(16-20)17-25(31)24-9-8-22-21-7-6-19-14-26(3,32)12-13-27(19,4)23(21)10-11-28(22,24)5/h15-16,18-19,21-24,32H,6-14,17H2,1-5H3/t19-,21+,22+,23+,24-,26-,27+,28+/m1/s1. The van der Waals surface area contributed by atoms with Gasteiger partial charge in [0.25, 0.3) is 0 Å². The number of carbonyl (C=O) groups is 1. The molecule has 8 atom stereocenters. The maximum atomic E-state index is 13.5. The summed E-state index contributed by atoms with van der Waals surface area (Å²) in [5, 5.41) is 15.1. The molecule has 4 saturated carbocycles. The largest absolute Gasteiger partial charge is 0.488 e. The fourth-order valence-corrected chi connectivity index (χ4v) is 8.99. The molecule has 0 saturated heterocycles. The number of hydrogen-bond donors (Lipinski definition) is 1. The van der Waals surface area contributed by atoms with Crippen LogP contribution in [0.4, 0.5) is 0 Å². The number of ether oxygens (including phenoxy) is 1. The fraction of sp³-hybridized carbons (Fsp3) is 0.857. The van der Waals surface area contributed by atoms with Crippen LogP contribution in [0.15, 0.2) is 12.4 Å². The van der Waals surface area contributed by atoms with Crippen LogP contribution in [0.5, 0.6) is 5.75 Å². The second kappa shape index (κ2) is 8.10. The first-order chi connectivity index (χ1) is 15.5. The van der Waals surface area contributed by atoms with Gasteiger partial charge in [0.2, 0.25) is 0 Å². The molecule has 1 aromatic rings. The predicted octanol–water partition coefficient (Wildman–Crippen LogP) is 5.65. The van der Waals surface area contributed by atoms with Gasteiger partial charge in [-0.3, -0.25) is 9.48 Å². The highest BCUT2D eigenvalue weighted by atomic mass is 16.5. The fourth-order valence-electron chi connectivity index (χ4n) is 8.99. The number of aromatic nitrogens is 2. The van der Waals surface area contributed by atoms with Crippen LogP contribution in [0.2, 0.25) is 0 Å². The molecule has 0 radical (unpaired) electrons. The van der Waals surface area contributed by atoms with E-state index in [1.54, 1.807) is 10.9 Å². The molecule has 5 nitrogen and oxygen atoms in total. The van der Waals surface area contributed by atoms with Crippen LogP contribution in [0, 0.1) is 40.4 Å². The molecule has 0 unspecified atom stereocenters. The van der Waals surface area contributed by atoms with Crippen molar-refractivity contribution in [3.8, 4) is 5.75 Å². The van der Waals surface area contributed by atoms with Crippen molar-refractivity contribution in [2.75, 3.05) is 0 Å². The van der Waals surface area contributed by atoms with Crippen molar-refractivity contribution in [1.29, 1.82) is 0 Å². The summed E-state index contributed by atoms with van der Waals surface area (Å²) in [6.45, 7) is 11.4. The van der Waals surface area contributed by atoms with E-state index in [9.17, 15) is 9.90 Å². The number of hydrogen-bond acceptors (Lipinski definition) is 4. The number of ketones is 1. The highest BCUT2D eigenvalue weighted by Crippen LogP contribution is 2.68. The van der Waals surface area contributed by atoms with E-state index in [0.717, 1.165) is 43.3 Å². The molecule has 33 heavy (non-hydrogen) atoms. The number of carbonyl (C=O) groups excluding carboxylic acids is 1. The second-order valence-corrected chi connectivity index (χ2v) is 13.0. The topological polar surface area (TPSA) is 64.4 Å². The Morgan fingerprint density at radius 1 is 1.09 bits per heavy atom. The quantitative estimate of drug-likeness (QED) is 0.622. The van der Waals surface area contributed by atoms with Crippen LogP contribution in [0.3, 0.4) is 0 Å². The first-order valence-corrected chi connectivity index (χ1v) is 13.5. The Morgan fingerprint density at radius 2 is 1.85 bits per heavy atom. The molecule has 0 aliphatic heterocycles. The zero-order valence-electron chi connectivity index (χ0n) is 21.3. The normalized spacial score (nSPS) is 44.8. The van der Waals surface area contributed by atoms with Gasteiger partial charge in [-0.15, -0.1) is 0 Å². The number of nitrogens with zero attached hydrogens (tertiary/aromatic N) is 2. The van der Waals surface area contributed by atoms with Gasteiger partial charge in [0, 0.05) is 5.92 Å². The van der Waals surface area contributed by atoms with Crippen LogP contribution >= 0.6 is 0 Å². The van der Waals surface area contributed by atoms with E-state index in [1.165, 1.54) is 32.1 Å². The number of fused-ring (bicyclic) bond motifs is 5. The van der Waals surface area contributed by atoms with Crippen LogP contribution < -0.4 is 4.74 Å². The second-order valence-electron chi connectivity index (χ2n) is 13.0. The van der Waals surface area contributed by atoms with Gasteiger partial charge in [-0.2, -0.15) is 5.10 Å². The predicted molar refractivity (Wildman–Crippen MR) is 129 cm³/mol. The van der Waals surface area contributed by atoms with Crippen molar-refractivity contribution in [3.05, 3.63) is 12.4 Å². The summed E-state index contributed by atoms with van der Waals surface area (Å²) in [5.41, 5.74) is 0.0279. The molecular formula is C28H44N2O3. The highest BCUT2D eigenvalue weighted by molar-refractivity contribution is 5.82. The van der Waals surface area contributed by atoms with Gasteiger partial charge in [0.15, 0.2) is 11.5 Å². The van der Waals surface area contributed by atoms with E-state index >= 15 is 0 Å². The lowest BCUT2D eigenvalue weighted by molar-refractivity contribution is -0.151. The Labute approximate surface area is 199 Å². The van der Waals surface area contributed by atoms with E-state index < -0.39 is 5.60 Å². The molecule has 1 heterocycles. The minimum absolute atomic E-state index is 0.107. The smallest absolute Gasteiger partial charge is 0.157 e. The van der Waals surface area contributed by atoms with Crippen molar-refractivity contribution < 1.29 is 14.6 Å². The number of rotatable bonds is 5. The summed E-state index contributed by atoms with van der Waals surface area (Å²) in [6.07, 6.45) is 14.0. The third kappa shape index (κ3) is 3.96. The van der Waals surface area contributed by atoms with Crippen LogP contribution in [-0.2, 0) is 11.3 Å².